The molecule has 0 nitrogen and oxygen atoms in total. The summed E-state index contributed by atoms with van der Waals surface area (Å²) in [5.74, 6) is 0. The number of benzene rings is 4. The van der Waals surface area contributed by atoms with E-state index in [-0.39, 0.29) is 0 Å². The Hall–Kier alpha value is -1.69. The predicted octanol–water partition coefficient (Wildman–Crippen LogP) is 8.18. The van der Waals surface area contributed by atoms with Crippen molar-refractivity contribution in [1.82, 2.24) is 0 Å². The van der Waals surface area contributed by atoms with Crippen molar-refractivity contribution in [2.75, 3.05) is 0 Å². The fourth-order valence-corrected chi connectivity index (χ4v) is 7.04. The van der Waals surface area contributed by atoms with Crippen LogP contribution < -0.4 is 0 Å². The fourth-order valence-electron chi connectivity index (χ4n) is 3.88. The molecule has 118 valence electrons. The maximum atomic E-state index is 2.51. The molecule has 0 N–H and O–H groups in total. The Kier molecular flexibility index (Phi) is 2.99. The van der Waals surface area contributed by atoms with Crippen LogP contribution in [0.1, 0.15) is 0 Å². The lowest BCUT2D eigenvalue weighted by Gasteiger charge is -2.05. The number of hydrogen-bond donors (Lipinski definition) is 0. The third kappa shape index (κ3) is 1.92. The predicted molar refractivity (Wildman–Crippen MR) is 122 cm³/mol. The van der Waals surface area contributed by atoms with Gasteiger partial charge in [-0.25, -0.2) is 0 Å². The van der Waals surface area contributed by atoms with E-state index in [1.807, 2.05) is 22.7 Å². The summed E-state index contributed by atoms with van der Waals surface area (Å²) in [5.41, 5.74) is 0. The molecule has 0 radical (unpaired) electrons. The topological polar surface area (TPSA) is 0 Å². The first-order chi connectivity index (χ1) is 12.3. The number of hydrogen-bond acceptors (Lipinski definition) is 2. The number of halogens is 1. The summed E-state index contributed by atoms with van der Waals surface area (Å²) in [6.45, 7) is 0. The second-order valence-corrected chi connectivity index (χ2v) is 9.59. The van der Waals surface area contributed by atoms with Crippen molar-refractivity contribution in [1.29, 1.82) is 0 Å². The summed E-state index contributed by atoms with van der Waals surface area (Å²) in [5, 5.41) is 8.35. The van der Waals surface area contributed by atoms with Crippen molar-refractivity contribution in [2.45, 2.75) is 0 Å². The Balaban J connectivity index is 1.96. The summed E-state index contributed by atoms with van der Waals surface area (Å²) in [4.78, 5) is 0. The lowest BCUT2D eigenvalue weighted by Crippen LogP contribution is -1.80. The first-order valence-electron chi connectivity index (χ1n) is 8.15. The molecular weight excluding hydrogens is 455 g/mol. The van der Waals surface area contributed by atoms with Crippen LogP contribution in [0.5, 0.6) is 0 Å². The molecule has 4 aromatic carbocycles. The molecule has 0 atom stereocenters. The van der Waals surface area contributed by atoms with Gasteiger partial charge in [-0.05, 0) is 57.6 Å². The van der Waals surface area contributed by atoms with Gasteiger partial charge in [-0.15, -0.1) is 22.7 Å². The molecule has 25 heavy (non-hydrogen) atoms. The average molecular weight is 466 g/mol. The van der Waals surface area contributed by atoms with Crippen molar-refractivity contribution >= 4 is 96.4 Å². The van der Waals surface area contributed by atoms with E-state index in [0.717, 1.165) is 0 Å². The molecule has 0 saturated carbocycles. The molecule has 2 aromatic heterocycles. The van der Waals surface area contributed by atoms with E-state index in [9.17, 15) is 0 Å². The first kappa shape index (κ1) is 14.5. The minimum Gasteiger partial charge on any atom is -0.135 e. The standard InChI is InChI=1S/C22H11IS2/c23-16-11-15-12(21-14-6-2-4-8-18(14)25-22(16)21)9-10-19-20(15)13-5-1-3-7-17(13)24-19/h1-11H. The second kappa shape index (κ2) is 5.16. The van der Waals surface area contributed by atoms with Crippen LogP contribution in [0, 0.1) is 3.57 Å². The highest BCUT2D eigenvalue weighted by molar-refractivity contribution is 14.1. The zero-order valence-corrected chi connectivity index (χ0v) is 16.8. The van der Waals surface area contributed by atoms with E-state index in [4.69, 9.17) is 0 Å². The molecule has 6 rings (SSSR count). The number of fused-ring (bicyclic) bond motifs is 9. The van der Waals surface area contributed by atoms with Gasteiger partial charge in [0, 0.05) is 43.9 Å². The minimum absolute atomic E-state index is 1.35. The van der Waals surface area contributed by atoms with Crippen LogP contribution in [0.15, 0.2) is 66.7 Å². The molecular formula is C22H11IS2. The molecule has 6 aromatic rings. The normalized spacial score (nSPS) is 12.2. The van der Waals surface area contributed by atoms with Gasteiger partial charge in [-0.3, -0.25) is 0 Å². The van der Waals surface area contributed by atoms with E-state index in [2.05, 4.69) is 89.3 Å². The van der Waals surface area contributed by atoms with Gasteiger partial charge in [-0.1, -0.05) is 42.5 Å². The molecule has 2 heterocycles. The van der Waals surface area contributed by atoms with Crippen molar-refractivity contribution in [2.24, 2.45) is 0 Å². The molecule has 0 saturated heterocycles. The Morgan fingerprint density at radius 2 is 1.24 bits per heavy atom. The third-order valence-electron chi connectivity index (χ3n) is 4.94. The summed E-state index contributed by atoms with van der Waals surface area (Å²) in [6.07, 6.45) is 0. The van der Waals surface area contributed by atoms with E-state index in [1.54, 1.807) is 0 Å². The zero-order valence-electron chi connectivity index (χ0n) is 13.0. The fraction of sp³-hybridized carbons (Fsp3) is 0. The van der Waals surface area contributed by atoms with Crippen LogP contribution in [0.4, 0.5) is 0 Å². The van der Waals surface area contributed by atoms with Gasteiger partial charge in [0.15, 0.2) is 0 Å². The van der Waals surface area contributed by atoms with Crippen molar-refractivity contribution in [3.63, 3.8) is 0 Å². The molecule has 0 unspecified atom stereocenters. The van der Waals surface area contributed by atoms with E-state index in [0.29, 0.717) is 0 Å². The van der Waals surface area contributed by atoms with E-state index in [1.165, 1.54) is 54.7 Å². The maximum Gasteiger partial charge on any atom is 0.0495 e. The van der Waals surface area contributed by atoms with Crippen molar-refractivity contribution in [3.05, 3.63) is 70.3 Å². The third-order valence-corrected chi connectivity index (χ3v) is 8.49. The maximum absolute atomic E-state index is 2.51. The van der Waals surface area contributed by atoms with Crippen LogP contribution in [0.3, 0.4) is 0 Å². The van der Waals surface area contributed by atoms with Gasteiger partial charge in [0.25, 0.3) is 0 Å². The summed E-state index contributed by atoms with van der Waals surface area (Å²) < 4.78 is 6.88. The molecule has 0 amide bonds. The van der Waals surface area contributed by atoms with Crippen LogP contribution in [-0.2, 0) is 0 Å². The molecule has 0 bridgehead atoms. The lowest BCUT2D eigenvalue weighted by atomic mass is 10.00. The highest BCUT2D eigenvalue weighted by Crippen LogP contribution is 2.45. The Bertz CT molecular complexity index is 1450. The average Bonchev–Trinajstić information content (AvgIpc) is 3.21. The molecule has 0 aliphatic carbocycles. The quantitative estimate of drug-likeness (QED) is 0.198. The van der Waals surface area contributed by atoms with Gasteiger partial charge in [-0.2, -0.15) is 0 Å². The van der Waals surface area contributed by atoms with Gasteiger partial charge in [0.05, 0.1) is 0 Å². The number of thiophene rings is 2. The summed E-state index contributed by atoms with van der Waals surface area (Å²) >= 11 is 6.31. The molecule has 0 aliphatic rings. The smallest absolute Gasteiger partial charge is 0.0495 e. The van der Waals surface area contributed by atoms with Crippen LogP contribution >= 0.6 is 45.3 Å². The first-order valence-corrected chi connectivity index (χ1v) is 10.9. The molecule has 3 heteroatoms. The largest absolute Gasteiger partial charge is 0.135 e. The number of rotatable bonds is 0. The van der Waals surface area contributed by atoms with Crippen molar-refractivity contribution < 1.29 is 0 Å². The van der Waals surface area contributed by atoms with Gasteiger partial charge < -0.3 is 0 Å². The SMILES string of the molecule is Ic1cc2c(ccc3sc4ccccc4c32)c2c1sc1ccccc12. The zero-order chi connectivity index (χ0) is 16.5. The highest BCUT2D eigenvalue weighted by atomic mass is 127. The van der Waals surface area contributed by atoms with Crippen molar-refractivity contribution in [3.8, 4) is 0 Å². The van der Waals surface area contributed by atoms with Crippen LogP contribution in [-0.4, -0.2) is 0 Å². The Labute approximate surface area is 165 Å². The van der Waals surface area contributed by atoms with Crippen LogP contribution in [0.25, 0.3) is 51.1 Å². The minimum atomic E-state index is 1.35. The molecule has 0 spiro atoms. The lowest BCUT2D eigenvalue weighted by molar-refractivity contribution is 1.85. The monoisotopic (exact) mass is 466 g/mol. The van der Waals surface area contributed by atoms with Gasteiger partial charge in [0.2, 0.25) is 0 Å². The van der Waals surface area contributed by atoms with Gasteiger partial charge >= 0.3 is 0 Å². The van der Waals surface area contributed by atoms with Gasteiger partial charge in [0.1, 0.15) is 0 Å². The van der Waals surface area contributed by atoms with E-state index >= 15 is 0 Å². The molecule has 0 aliphatic heterocycles. The Morgan fingerprint density at radius 3 is 2.04 bits per heavy atom. The molecule has 0 fully saturated rings. The second-order valence-electron chi connectivity index (χ2n) is 6.29. The highest BCUT2D eigenvalue weighted by Gasteiger charge is 2.15. The van der Waals surface area contributed by atoms with E-state index < -0.39 is 0 Å². The summed E-state index contributed by atoms with van der Waals surface area (Å²) in [7, 11) is 0. The summed E-state index contributed by atoms with van der Waals surface area (Å²) in [6, 6.07) is 24.6. The Morgan fingerprint density at radius 1 is 0.560 bits per heavy atom. The van der Waals surface area contributed by atoms with Crippen LogP contribution in [0.2, 0.25) is 0 Å².